The lowest BCUT2D eigenvalue weighted by atomic mass is 10.0. The Morgan fingerprint density at radius 3 is 3.00 bits per heavy atom. The zero-order valence-electron chi connectivity index (χ0n) is 9.56. The van der Waals surface area contributed by atoms with Crippen molar-refractivity contribution in [3.05, 3.63) is 52.9 Å². The van der Waals surface area contributed by atoms with E-state index in [1.54, 1.807) is 0 Å². The van der Waals surface area contributed by atoms with Gasteiger partial charge in [-0.3, -0.25) is 0 Å². The summed E-state index contributed by atoms with van der Waals surface area (Å²) in [6.45, 7) is 2.16. The maximum Gasteiger partial charge on any atom is 0.0604 e. The Morgan fingerprint density at radius 1 is 1.18 bits per heavy atom. The van der Waals surface area contributed by atoms with Gasteiger partial charge in [0.15, 0.2) is 0 Å². The van der Waals surface area contributed by atoms with E-state index in [1.165, 1.54) is 15.3 Å². The van der Waals surface area contributed by atoms with E-state index < -0.39 is 0 Å². The normalized spacial score (nSPS) is 19.6. The second-order valence-corrected chi connectivity index (χ2v) is 6.64. The van der Waals surface area contributed by atoms with E-state index >= 15 is 0 Å². The van der Waals surface area contributed by atoms with Crippen LogP contribution in [-0.4, -0.2) is 13.1 Å². The van der Waals surface area contributed by atoms with Crippen molar-refractivity contribution in [1.29, 1.82) is 0 Å². The summed E-state index contributed by atoms with van der Waals surface area (Å²) in [6.07, 6.45) is 1.15. The summed E-state index contributed by atoms with van der Waals surface area (Å²) in [5.74, 6) is 0. The number of hydrogen-bond donors (Lipinski definition) is 1. The predicted molar refractivity (Wildman–Crippen MR) is 75.9 cm³/mol. The highest BCUT2D eigenvalue weighted by molar-refractivity contribution is 8.01. The van der Waals surface area contributed by atoms with Crippen molar-refractivity contribution in [3.63, 3.8) is 0 Å². The number of benzene rings is 1. The molecule has 0 saturated carbocycles. The lowest BCUT2D eigenvalue weighted by Crippen LogP contribution is -2.18. The molecule has 0 spiro atoms. The van der Waals surface area contributed by atoms with Crippen molar-refractivity contribution in [2.45, 2.75) is 15.9 Å². The fourth-order valence-electron chi connectivity index (χ4n) is 2.22. The van der Waals surface area contributed by atoms with E-state index in [-0.39, 0.29) is 0 Å². The standard InChI is InChI=1S/C14H15NS2/c1-2-5-12-11(4-1)7-8-15-10-13(12)17-14-6-3-9-16-14/h1-6,9,13,15H,7-8,10H2. The average molecular weight is 261 g/mol. The van der Waals surface area contributed by atoms with E-state index in [0.29, 0.717) is 5.25 Å². The van der Waals surface area contributed by atoms with Crippen LogP contribution in [0.15, 0.2) is 46.0 Å². The summed E-state index contributed by atoms with van der Waals surface area (Å²) in [7, 11) is 0. The minimum absolute atomic E-state index is 0.548. The van der Waals surface area contributed by atoms with Crippen LogP contribution in [-0.2, 0) is 6.42 Å². The molecular weight excluding hydrogens is 246 g/mol. The molecule has 1 aromatic carbocycles. The van der Waals surface area contributed by atoms with E-state index in [0.717, 1.165) is 19.5 Å². The molecule has 88 valence electrons. The zero-order valence-corrected chi connectivity index (χ0v) is 11.2. The predicted octanol–water partition coefficient (Wildman–Crippen LogP) is 3.73. The summed E-state index contributed by atoms with van der Waals surface area (Å²) in [5, 5.41) is 6.24. The molecule has 0 amide bonds. The molecular formula is C14H15NS2. The Labute approximate surface area is 110 Å². The van der Waals surface area contributed by atoms with Crippen LogP contribution in [0.3, 0.4) is 0 Å². The van der Waals surface area contributed by atoms with E-state index in [2.05, 4.69) is 47.1 Å². The molecule has 17 heavy (non-hydrogen) atoms. The molecule has 1 aliphatic heterocycles. The topological polar surface area (TPSA) is 12.0 Å². The molecule has 1 unspecified atom stereocenters. The van der Waals surface area contributed by atoms with Crippen LogP contribution in [0.2, 0.25) is 0 Å². The highest BCUT2D eigenvalue weighted by Crippen LogP contribution is 2.39. The molecule has 1 aliphatic rings. The van der Waals surface area contributed by atoms with Crippen LogP contribution >= 0.6 is 23.1 Å². The van der Waals surface area contributed by atoms with Gasteiger partial charge in [-0.1, -0.05) is 30.3 Å². The quantitative estimate of drug-likeness (QED) is 0.884. The molecule has 1 N–H and O–H groups in total. The highest BCUT2D eigenvalue weighted by atomic mass is 32.2. The zero-order chi connectivity index (χ0) is 11.5. The van der Waals surface area contributed by atoms with Crippen LogP contribution in [0.4, 0.5) is 0 Å². The maximum absolute atomic E-state index is 3.54. The number of thioether (sulfide) groups is 1. The molecule has 3 rings (SSSR count). The fraction of sp³-hybridized carbons (Fsp3) is 0.286. The Balaban J connectivity index is 1.89. The van der Waals surface area contributed by atoms with Gasteiger partial charge in [-0.05, 0) is 35.5 Å². The third-order valence-electron chi connectivity index (χ3n) is 3.06. The molecule has 3 heteroatoms. The van der Waals surface area contributed by atoms with Gasteiger partial charge in [-0.25, -0.2) is 0 Å². The van der Waals surface area contributed by atoms with Crippen LogP contribution in [0.5, 0.6) is 0 Å². The SMILES string of the molecule is c1csc(SC2CNCCc3ccccc32)c1. The first kappa shape index (κ1) is 11.3. The van der Waals surface area contributed by atoms with Crippen molar-refractivity contribution < 1.29 is 0 Å². The van der Waals surface area contributed by atoms with Gasteiger partial charge in [-0.15, -0.1) is 23.1 Å². The van der Waals surface area contributed by atoms with Crippen LogP contribution in [0.25, 0.3) is 0 Å². The summed E-state index contributed by atoms with van der Waals surface area (Å²) >= 11 is 3.82. The second kappa shape index (κ2) is 5.25. The molecule has 1 atom stereocenters. The van der Waals surface area contributed by atoms with Gasteiger partial charge >= 0.3 is 0 Å². The summed E-state index contributed by atoms with van der Waals surface area (Å²) in [4.78, 5) is 0. The fourth-order valence-corrected chi connectivity index (χ4v) is 4.40. The van der Waals surface area contributed by atoms with Gasteiger partial charge < -0.3 is 5.32 Å². The largest absolute Gasteiger partial charge is 0.315 e. The number of rotatable bonds is 2. The minimum atomic E-state index is 0.548. The van der Waals surface area contributed by atoms with Crippen LogP contribution in [0.1, 0.15) is 16.4 Å². The van der Waals surface area contributed by atoms with Crippen molar-refractivity contribution in [2.75, 3.05) is 13.1 Å². The monoisotopic (exact) mass is 261 g/mol. The van der Waals surface area contributed by atoms with Crippen molar-refractivity contribution in [2.24, 2.45) is 0 Å². The summed E-state index contributed by atoms with van der Waals surface area (Å²) in [6, 6.07) is 13.2. The Hall–Kier alpha value is -0.770. The molecule has 2 aromatic rings. The Kier molecular flexibility index (Phi) is 3.50. The number of thiophene rings is 1. The van der Waals surface area contributed by atoms with Crippen molar-refractivity contribution in [1.82, 2.24) is 5.32 Å². The molecule has 0 fully saturated rings. The van der Waals surface area contributed by atoms with Crippen LogP contribution in [0, 0.1) is 0 Å². The third-order valence-corrected chi connectivity index (χ3v) is 5.37. The van der Waals surface area contributed by atoms with Gasteiger partial charge in [0, 0.05) is 11.8 Å². The molecule has 1 aromatic heterocycles. The second-order valence-electron chi connectivity index (χ2n) is 4.19. The highest BCUT2D eigenvalue weighted by Gasteiger charge is 2.19. The van der Waals surface area contributed by atoms with Gasteiger partial charge in [0.1, 0.15) is 0 Å². The average Bonchev–Trinajstić information content (AvgIpc) is 2.78. The first-order chi connectivity index (χ1) is 8.43. The molecule has 0 aliphatic carbocycles. The van der Waals surface area contributed by atoms with E-state index in [9.17, 15) is 0 Å². The third kappa shape index (κ3) is 2.57. The van der Waals surface area contributed by atoms with Crippen molar-refractivity contribution in [3.8, 4) is 0 Å². The first-order valence-electron chi connectivity index (χ1n) is 5.92. The summed E-state index contributed by atoms with van der Waals surface area (Å²) < 4.78 is 1.41. The smallest absolute Gasteiger partial charge is 0.0604 e. The number of nitrogens with one attached hydrogen (secondary N) is 1. The lowest BCUT2D eigenvalue weighted by molar-refractivity contribution is 0.704. The van der Waals surface area contributed by atoms with E-state index in [4.69, 9.17) is 0 Å². The molecule has 2 heterocycles. The maximum atomic E-state index is 3.54. The first-order valence-corrected chi connectivity index (χ1v) is 7.68. The Bertz CT molecular complexity index is 479. The van der Waals surface area contributed by atoms with Gasteiger partial charge in [0.05, 0.1) is 4.21 Å². The molecule has 1 nitrogen and oxygen atoms in total. The molecule has 0 radical (unpaired) electrons. The van der Waals surface area contributed by atoms with Gasteiger partial charge in [-0.2, -0.15) is 0 Å². The van der Waals surface area contributed by atoms with Crippen molar-refractivity contribution >= 4 is 23.1 Å². The van der Waals surface area contributed by atoms with Crippen LogP contribution < -0.4 is 5.32 Å². The summed E-state index contributed by atoms with van der Waals surface area (Å²) in [5.41, 5.74) is 3.02. The van der Waals surface area contributed by atoms with E-state index in [1.807, 2.05) is 23.1 Å². The molecule has 0 saturated heterocycles. The number of hydrogen-bond acceptors (Lipinski definition) is 3. The number of fused-ring (bicyclic) bond motifs is 1. The molecule has 0 bridgehead atoms. The van der Waals surface area contributed by atoms with Gasteiger partial charge in [0.2, 0.25) is 0 Å². The van der Waals surface area contributed by atoms with Gasteiger partial charge in [0.25, 0.3) is 0 Å². The minimum Gasteiger partial charge on any atom is -0.315 e. The lowest BCUT2D eigenvalue weighted by Gasteiger charge is -2.16. The Morgan fingerprint density at radius 2 is 2.12 bits per heavy atom.